The van der Waals surface area contributed by atoms with Crippen LogP contribution in [-0.2, 0) is 43.4 Å². The van der Waals surface area contributed by atoms with Gasteiger partial charge in [-0.1, -0.05) is 6.92 Å². The van der Waals surface area contributed by atoms with E-state index < -0.39 is 5.92 Å². The number of halogens is 1. The number of nitrogens with one attached hydrogen (secondary N) is 1. The van der Waals surface area contributed by atoms with Gasteiger partial charge in [0.05, 0.1) is 34.9 Å². The molecule has 1 aliphatic carbocycles. The molecule has 1 aromatic carbocycles. The van der Waals surface area contributed by atoms with Crippen molar-refractivity contribution < 1.29 is 28.2 Å². The third kappa shape index (κ3) is 5.15. The van der Waals surface area contributed by atoms with Crippen LogP contribution in [0.2, 0.25) is 3.98 Å². The van der Waals surface area contributed by atoms with Crippen LogP contribution in [0.15, 0.2) is 16.9 Å². The van der Waals surface area contributed by atoms with E-state index in [2.05, 4.69) is 5.32 Å². The van der Waals surface area contributed by atoms with Gasteiger partial charge in [0, 0.05) is 17.0 Å². The molecule has 6 rings (SSSR count). The Morgan fingerprint density at radius 3 is 2.80 bits per heavy atom. The van der Waals surface area contributed by atoms with Gasteiger partial charge in [-0.3, -0.25) is 9.59 Å². The molecule has 0 saturated carbocycles. The van der Waals surface area contributed by atoms with Gasteiger partial charge in [-0.2, -0.15) is 0 Å². The summed E-state index contributed by atoms with van der Waals surface area (Å²) in [5.41, 5.74) is 5.63. The maximum absolute atomic E-state index is 15.2. The van der Waals surface area contributed by atoms with Gasteiger partial charge in [-0.15, -0.1) is 0 Å². The number of esters is 1. The zero-order valence-electron chi connectivity index (χ0n) is 25.0. The van der Waals surface area contributed by atoms with Crippen LogP contribution in [0, 0.1) is 12.7 Å². The molecule has 3 aliphatic rings. The number of carbonyl (C=O) groups is 3. The summed E-state index contributed by atoms with van der Waals surface area (Å²) in [6.07, 6.45) is 2.91. The molecule has 3 radical (unpaired) electrons. The number of aryl methyl sites for hydroxylation is 1. The fourth-order valence-corrected chi connectivity index (χ4v) is 7.51. The Kier molecular flexibility index (Phi) is 8.61. The van der Waals surface area contributed by atoms with Crippen LogP contribution in [-0.4, -0.2) is 78.4 Å². The molecule has 10 nitrogen and oxygen atoms in total. The number of hydrogen-bond donors (Lipinski definition) is 1. The Morgan fingerprint density at radius 2 is 2.05 bits per heavy atom. The molecule has 0 spiro atoms. The number of fused-ring (bicyclic) bond motifs is 5. The topological polar surface area (TPSA) is 120 Å². The minimum atomic E-state index is -0.540. The van der Waals surface area contributed by atoms with E-state index in [-0.39, 0.29) is 61.7 Å². The van der Waals surface area contributed by atoms with Crippen molar-refractivity contribution in [3.05, 3.63) is 61.7 Å². The summed E-state index contributed by atoms with van der Waals surface area (Å²) in [6, 6.07) is 2.94. The second kappa shape index (κ2) is 12.3. The standard InChI is InChI=1S/C32H34FN4O6.Pb/c1-5-7-26(38)34-15-42-14-27(39)36(4)24-9-8-18-16(3)22(33)11-23-28(18)29(24)20-12-37-25(30(20)35-23)10-19-17(6-2)32(41)43-13-21(19)31(37)40;/h10-11,17,24H,1,5-9,12-15H2,2-4H3,(H,34,38);. The Hall–Kier alpha value is -3.20. The monoisotopic (exact) mass is 797 g/mol. The maximum atomic E-state index is 15.2. The molecule has 2 amide bonds. The SMILES string of the molecule is CCC1C(=O)OCc2c1cc1n(c2=O)Cc2c-1nc1cc(F)c(C)c3c1c2C(N(C)C(=O)COCNC(=O)CC[CH2][Pb])CC3. The van der Waals surface area contributed by atoms with Gasteiger partial charge in [0.2, 0.25) is 0 Å². The van der Waals surface area contributed by atoms with Crippen LogP contribution in [0.5, 0.6) is 0 Å². The van der Waals surface area contributed by atoms with Gasteiger partial charge in [0.25, 0.3) is 5.56 Å². The summed E-state index contributed by atoms with van der Waals surface area (Å²) in [6.45, 7) is 3.56. The quantitative estimate of drug-likeness (QED) is 0.120. The van der Waals surface area contributed by atoms with E-state index in [1.54, 1.807) is 23.4 Å². The number of amides is 2. The normalized spacial score (nSPS) is 18.0. The summed E-state index contributed by atoms with van der Waals surface area (Å²) >= 11 is 1.06. The van der Waals surface area contributed by atoms with Crippen molar-refractivity contribution >= 4 is 54.5 Å². The van der Waals surface area contributed by atoms with E-state index in [9.17, 15) is 19.2 Å². The third-order valence-electron chi connectivity index (χ3n) is 9.20. The molecule has 0 fully saturated rings. The Bertz CT molecular complexity index is 1770. The second-order valence-electron chi connectivity index (χ2n) is 11.6. The predicted octanol–water partition coefficient (Wildman–Crippen LogP) is 3.33. The first-order valence-electron chi connectivity index (χ1n) is 15.0. The minimum absolute atomic E-state index is 0.0473. The van der Waals surface area contributed by atoms with E-state index in [1.165, 1.54) is 6.07 Å². The van der Waals surface area contributed by atoms with Crippen molar-refractivity contribution in [1.82, 2.24) is 19.8 Å². The number of carbonyl (C=O) groups excluding carboxylic acids is 3. The Morgan fingerprint density at radius 1 is 1.25 bits per heavy atom. The molecule has 2 aliphatic heterocycles. The van der Waals surface area contributed by atoms with Crippen molar-refractivity contribution in [3.63, 3.8) is 0 Å². The van der Waals surface area contributed by atoms with Gasteiger partial charge in [-0.25, -0.2) is 9.37 Å². The molecule has 2 atom stereocenters. The molecule has 4 heterocycles. The molecule has 0 saturated heterocycles. The van der Waals surface area contributed by atoms with Crippen LogP contribution in [0.3, 0.4) is 0 Å². The first kappa shape index (κ1) is 30.8. The van der Waals surface area contributed by atoms with Crippen molar-refractivity contribution in [3.8, 4) is 11.4 Å². The van der Waals surface area contributed by atoms with Gasteiger partial charge in [0.1, 0.15) is 12.4 Å². The second-order valence-corrected chi connectivity index (χ2v) is 13.6. The Balaban J connectivity index is 1.39. The van der Waals surface area contributed by atoms with Crippen LogP contribution in [0.25, 0.3) is 22.3 Å². The average molecular weight is 797 g/mol. The van der Waals surface area contributed by atoms with Crippen molar-refractivity contribution in [2.24, 2.45) is 0 Å². The van der Waals surface area contributed by atoms with Crippen LogP contribution in [0.4, 0.5) is 4.39 Å². The number of pyridine rings is 2. The number of nitrogens with zero attached hydrogens (tertiary/aromatic N) is 3. The van der Waals surface area contributed by atoms with Gasteiger partial charge in [-0.05, 0) is 42.5 Å². The van der Waals surface area contributed by atoms with Gasteiger partial charge in [0.15, 0.2) is 0 Å². The first-order chi connectivity index (χ1) is 21.2. The summed E-state index contributed by atoms with van der Waals surface area (Å²) in [5, 5.41) is 3.51. The predicted molar refractivity (Wildman–Crippen MR) is 161 cm³/mol. The summed E-state index contributed by atoms with van der Waals surface area (Å²) in [4.78, 5) is 58.2. The molecular formula is C32H34FN4O6Pb. The fourth-order valence-electron chi connectivity index (χ4n) is 6.82. The molecule has 0 bridgehead atoms. The number of cyclic esters (lactones) is 1. The number of hydrogen-bond acceptors (Lipinski definition) is 7. The number of benzene rings is 1. The first-order valence-corrected chi connectivity index (χ1v) is 17.7. The zero-order valence-corrected chi connectivity index (χ0v) is 28.9. The summed E-state index contributed by atoms with van der Waals surface area (Å²) in [5.74, 6) is -1.59. The van der Waals surface area contributed by atoms with Gasteiger partial charge < -0.3 is 9.30 Å². The molecular weight excluding hydrogens is 763 g/mol. The molecule has 44 heavy (non-hydrogen) atoms. The molecule has 3 aromatic rings. The molecule has 1 N–H and O–H groups in total. The van der Waals surface area contributed by atoms with Crippen molar-refractivity contribution in [1.29, 1.82) is 0 Å². The molecule has 2 unspecified atom stereocenters. The van der Waals surface area contributed by atoms with E-state index in [4.69, 9.17) is 14.5 Å². The number of aromatic nitrogens is 2. The fraction of sp³-hybridized carbons (Fsp3) is 0.469. The molecule has 229 valence electrons. The number of likely N-dealkylation sites (N-methyl/N-ethyl adjacent to an activating group) is 1. The van der Waals surface area contributed by atoms with Gasteiger partial charge >= 0.3 is 123 Å². The van der Waals surface area contributed by atoms with Crippen LogP contribution < -0.4 is 10.9 Å². The third-order valence-corrected chi connectivity index (χ3v) is 10.6. The molecule has 2 aromatic heterocycles. The van der Waals surface area contributed by atoms with Crippen LogP contribution in [0.1, 0.15) is 77.9 Å². The summed E-state index contributed by atoms with van der Waals surface area (Å²) < 4.78 is 28.7. The average Bonchev–Trinajstić information content (AvgIpc) is 3.38. The number of rotatable bonds is 9. The minimum Gasteiger partial charge on any atom is -0.0245 e. The summed E-state index contributed by atoms with van der Waals surface area (Å²) in [7, 11) is 1.72. The molecule has 12 heteroatoms. The number of ether oxygens (including phenoxy) is 2. The Labute approximate surface area is 270 Å². The van der Waals surface area contributed by atoms with Crippen molar-refractivity contribution in [2.45, 2.75) is 75.0 Å². The smallest absolute Gasteiger partial charge is 0.0245 e. The zero-order chi connectivity index (χ0) is 31.3. The van der Waals surface area contributed by atoms with Crippen LogP contribution >= 0.6 is 0 Å². The van der Waals surface area contributed by atoms with E-state index in [0.29, 0.717) is 59.3 Å². The van der Waals surface area contributed by atoms with E-state index in [0.717, 1.165) is 58.2 Å². The van der Waals surface area contributed by atoms with E-state index >= 15 is 4.39 Å². The van der Waals surface area contributed by atoms with Crippen molar-refractivity contribution in [2.75, 3.05) is 20.4 Å². The van der Waals surface area contributed by atoms with E-state index in [1.807, 2.05) is 13.0 Å².